The second kappa shape index (κ2) is 4.77. The van der Waals surface area contributed by atoms with E-state index < -0.39 is 11.6 Å². The number of nitrogens with two attached hydrogens (primary N) is 1. The summed E-state index contributed by atoms with van der Waals surface area (Å²) in [6.45, 7) is 1.33. The topological polar surface area (TPSA) is 123 Å². The summed E-state index contributed by atoms with van der Waals surface area (Å²) in [5, 5.41) is 2.51. The number of carbonyl (C=O) groups is 2. The van der Waals surface area contributed by atoms with E-state index in [4.69, 9.17) is 5.73 Å². The van der Waals surface area contributed by atoms with Gasteiger partial charge in [0, 0.05) is 31.1 Å². The molecule has 0 fully saturated rings. The quantitative estimate of drug-likeness (QED) is 0.696. The van der Waals surface area contributed by atoms with Crippen LogP contribution in [0.15, 0.2) is 29.3 Å². The van der Waals surface area contributed by atoms with Crippen molar-refractivity contribution in [1.29, 1.82) is 0 Å². The minimum atomic E-state index is -0.753. The molecule has 0 spiro atoms. The molecule has 0 saturated carbocycles. The molecule has 0 bridgehead atoms. The molecule has 2 amide bonds. The Hall–Kier alpha value is -2.90. The van der Waals surface area contributed by atoms with E-state index in [-0.39, 0.29) is 17.4 Å². The van der Waals surface area contributed by atoms with Crippen LogP contribution in [0, 0.1) is 0 Å². The molecule has 8 nitrogen and oxygen atoms in total. The van der Waals surface area contributed by atoms with Gasteiger partial charge < -0.3 is 16.0 Å². The molecule has 19 heavy (non-hydrogen) atoms. The lowest BCUT2D eigenvalue weighted by Crippen LogP contribution is -2.20. The Labute approximate surface area is 107 Å². The summed E-state index contributed by atoms with van der Waals surface area (Å²) in [4.78, 5) is 40.1. The molecule has 0 aliphatic heterocycles. The SMILES string of the molecule is CC(=O)Nc1cc(C(N)=O)nc(-n2cc[nH]c2=O)c1. The fourth-order valence-electron chi connectivity index (χ4n) is 1.54. The summed E-state index contributed by atoms with van der Waals surface area (Å²) in [5.74, 6) is -0.877. The maximum Gasteiger partial charge on any atom is 0.331 e. The monoisotopic (exact) mass is 261 g/mol. The summed E-state index contributed by atoms with van der Waals surface area (Å²) >= 11 is 0. The molecule has 2 aromatic heterocycles. The van der Waals surface area contributed by atoms with Crippen molar-refractivity contribution in [3.05, 3.63) is 40.7 Å². The van der Waals surface area contributed by atoms with E-state index >= 15 is 0 Å². The number of nitrogens with one attached hydrogen (secondary N) is 2. The van der Waals surface area contributed by atoms with Gasteiger partial charge in [-0.15, -0.1) is 0 Å². The first-order valence-electron chi connectivity index (χ1n) is 5.33. The van der Waals surface area contributed by atoms with E-state index in [1.807, 2.05) is 0 Å². The van der Waals surface area contributed by atoms with Gasteiger partial charge in [-0.25, -0.2) is 9.78 Å². The predicted molar refractivity (Wildman–Crippen MR) is 67.0 cm³/mol. The number of primary amides is 1. The molecule has 0 aromatic carbocycles. The van der Waals surface area contributed by atoms with Gasteiger partial charge in [-0.05, 0) is 6.07 Å². The van der Waals surface area contributed by atoms with E-state index in [9.17, 15) is 14.4 Å². The molecule has 8 heteroatoms. The Balaban J connectivity index is 2.57. The number of hydrogen-bond donors (Lipinski definition) is 3. The number of aromatic nitrogens is 3. The van der Waals surface area contributed by atoms with E-state index in [2.05, 4.69) is 15.3 Å². The number of hydrogen-bond acceptors (Lipinski definition) is 4. The second-order valence-corrected chi connectivity index (χ2v) is 3.78. The van der Waals surface area contributed by atoms with E-state index in [1.165, 1.54) is 36.0 Å². The van der Waals surface area contributed by atoms with Crippen molar-refractivity contribution in [2.24, 2.45) is 5.73 Å². The lowest BCUT2D eigenvalue weighted by atomic mass is 10.3. The molecule has 0 radical (unpaired) electrons. The van der Waals surface area contributed by atoms with E-state index in [0.717, 1.165) is 0 Å². The molecular formula is C11H11N5O3. The fourth-order valence-corrected chi connectivity index (χ4v) is 1.54. The molecule has 0 saturated heterocycles. The highest BCUT2D eigenvalue weighted by atomic mass is 16.2. The summed E-state index contributed by atoms with van der Waals surface area (Å²) in [6.07, 6.45) is 2.88. The number of imidazole rings is 1. The Bertz CT molecular complexity index is 700. The smallest absolute Gasteiger partial charge is 0.331 e. The average molecular weight is 261 g/mol. The molecule has 0 aliphatic carbocycles. The van der Waals surface area contributed by atoms with Gasteiger partial charge in [0.25, 0.3) is 5.91 Å². The zero-order chi connectivity index (χ0) is 14.0. The molecular weight excluding hydrogens is 250 g/mol. The number of pyridine rings is 1. The molecule has 0 unspecified atom stereocenters. The van der Waals surface area contributed by atoms with Crippen molar-refractivity contribution in [3.63, 3.8) is 0 Å². The maximum atomic E-state index is 11.5. The summed E-state index contributed by atoms with van der Waals surface area (Å²) in [5.41, 5.74) is 5.04. The van der Waals surface area contributed by atoms with E-state index in [0.29, 0.717) is 5.69 Å². The maximum absolute atomic E-state index is 11.5. The Morgan fingerprint density at radius 1 is 1.42 bits per heavy atom. The Morgan fingerprint density at radius 3 is 2.68 bits per heavy atom. The van der Waals surface area contributed by atoms with Crippen LogP contribution in [0.25, 0.3) is 5.82 Å². The third kappa shape index (κ3) is 2.68. The normalized spacial score (nSPS) is 10.2. The largest absolute Gasteiger partial charge is 0.364 e. The van der Waals surface area contributed by atoms with Crippen molar-refractivity contribution < 1.29 is 9.59 Å². The van der Waals surface area contributed by atoms with Crippen molar-refractivity contribution in [3.8, 4) is 5.82 Å². The average Bonchev–Trinajstić information content (AvgIpc) is 2.74. The van der Waals surface area contributed by atoms with Crippen molar-refractivity contribution >= 4 is 17.5 Å². The highest BCUT2D eigenvalue weighted by molar-refractivity contribution is 5.94. The number of amides is 2. The van der Waals surface area contributed by atoms with Gasteiger partial charge in [0.1, 0.15) is 11.5 Å². The number of H-pyrrole nitrogens is 1. The highest BCUT2D eigenvalue weighted by Crippen LogP contribution is 2.13. The molecule has 98 valence electrons. The standard InChI is InChI=1S/C11H11N5O3/c1-6(17)14-7-4-8(10(12)18)15-9(5-7)16-3-2-13-11(16)19/h2-5H,1H3,(H2,12,18)(H,13,19)(H,14,15,17). The first kappa shape index (κ1) is 12.6. The van der Waals surface area contributed by atoms with Crippen LogP contribution in [0.2, 0.25) is 0 Å². The molecule has 2 heterocycles. The van der Waals surface area contributed by atoms with Crippen LogP contribution in [-0.4, -0.2) is 26.3 Å². The predicted octanol–water partition coefficient (Wildman–Crippen LogP) is -0.382. The molecule has 4 N–H and O–H groups in total. The highest BCUT2D eigenvalue weighted by Gasteiger charge is 2.10. The summed E-state index contributed by atoms with van der Waals surface area (Å²) in [6, 6.07) is 2.80. The lowest BCUT2D eigenvalue weighted by Gasteiger charge is -2.07. The van der Waals surface area contributed by atoms with Crippen molar-refractivity contribution in [1.82, 2.24) is 14.5 Å². The van der Waals surface area contributed by atoms with Crippen LogP contribution < -0.4 is 16.7 Å². The Kier molecular flexibility index (Phi) is 3.15. The van der Waals surface area contributed by atoms with Gasteiger partial charge >= 0.3 is 5.69 Å². The van der Waals surface area contributed by atoms with Crippen molar-refractivity contribution in [2.45, 2.75) is 6.92 Å². The molecule has 0 atom stereocenters. The van der Waals surface area contributed by atoms with Crippen LogP contribution >= 0.6 is 0 Å². The van der Waals surface area contributed by atoms with Crippen molar-refractivity contribution in [2.75, 3.05) is 5.32 Å². The van der Waals surface area contributed by atoms with Gasteiger partial charge in [-0.3, -0.25) is 14.2 Å². The fraction of sp³-hybridized carbons (Fsp3) is 0.0909. The number of nitrogens with zero attached hydrogens (tertiary/aromatic N) is 2. The minimum Gasteiger partial charge on any atom is -0.364 e. The van der Waals surface area contributed by atoms with Crippen LogP contribution in [0.1, 0.15) is 17.4 Å². The lowest BCUT2D eigenvalue weighted by molar-refractivity contribution is -0.114. The number of anilines is 1. The third-order valence-electron chi connectivity index (χ3n) is 2.28. The molecule has 2 aromatic rings. The zero-order valence-electron chi connectivity index (χ0n) is 10.0. The van der Waals surface area contributed by atoms with Crippen LogP contribution in [0.5, 0.6) is 0 Å². The number of carbonyl (C=O) groups excluding carboxylic acids is 2. The van der Waals surface area contributed by atoms with Gasteiger partial charge in [0.15, 0.2) is 0 Å². The van der Waals surface area contributed by atoms with Gasteiger partial charge in [0.2, 0.25) is 5.91 Å². The van der Waals surface area contributed by atoms with Gasteiger partial charge in [-0.2, -0.15) is 0 Å². The van der Waals surface area contributed by atoms with Crippen LogP contribution in [0.4, 0.5) is 5.69 Å². The van der Waals surface area contributed by atoms with Crippen LogP contribution in [-0.2, 0) is 4.79 Å². The second-order valence-electron chi connectivity index (χ2n) is 3.78. The Morgan fingerprint density at radius 2 is 2.16 bits per heavy atom. The van der Waals surface area contributed by atoms with Crippen LogP contribution in [0.3, 0.4) is 0 Å². The number of aromatic amines is 1. The minimum absolute atomic E-state index is 0.0469. The summed E-state index contributed by atoms with van der Waals surface area (Å²) < 4.78 is 1.19. The molecule has 0 aliphatic rings. The zero-order valence-corrected chi connectivity index (χ0v) is 10.0. The molecule has 2 rings (SSSR count). The third-order valence-corrected chi connectivity index (χ3v) is 2.28. The van der Waals surface area contributed by atoms with Gasteiger partial charge in [-0.1, -0.05) is 0 Å². The van der Waals surface area contributed by atoms with E-state index in [1.54, 1.807) is 0 Å². The first-order valence-corrected chi connectivity index (χ1v) is 5.33. The van der Waals surface area contributed by atoms with Gasteiger partial charge in [0.05, 0.1) is 0 Å². The number of rotatable bonds is 3. The summed E-state index contributed by atoms with van der Waals surface area (Å²) in [7, 11) is 0. The first-order chi connectivity index (χ1) is 8.97.